The molecule has 0 radical (unpaired) electrons. The minimum absolute atomic E-state index is 0. The van der Waals surface area contributed by atoms with Gasteiger partial charge < -0.3 is 15.0 Å². The van der Waals surface area contributed by atoms with Crippen molar-refractivity contribution in [2.24, 2.45) is 4.99 Å². The third-order valence-electron chi connectivity index (χ3n) is 4.32. The van der Waals surface area contributed by atoms with Gasteiger partial charge in [-0.15, -0.1) is 24.0 Å². The molecule has 0 bridgehead atoms. The molecule has 0 unspecified atom stereocenters. The van der Waals surface area contributed by atoms with Crippen molar-refractivity contribution in [1.29, 1.82) is 0 Å². The van der Waals surface area contributed by atoms with E-state index in [9.17, 15) is 0 Å². The molecule has 126 valence electrons. The van der Waals surface area contributed by atoms with Gasteiger partial charge in [-0.25, -0.2) is 4.98 Å². The van der Waals surface area contributed by atoms with Crippen LogP contribution in [0.2, 0.25) is 0 Å². The van der Waals surface area contributed by atoms with Crippen LogP contribution in [0.15, 0.2) is 29.5 Å². The number of pyridine rings is 1. The van der Waals surface area contributed by atoms with Crippen LogP contribution in [-0.4, -0.2) is 35.0 Å². The van der Waals surface area contributed by atoms with Crippen LogP contribution in [-0.2, 0) is 6.42 Å². The molecule has 2 aromatic rings. The normalized spacial score (nSPS) is 15.7. The fourth-order valence-corrected chi connectivity index (χ4v) is 3.09. The van der Waals surface area contributed by atoms with Gasteiger partial charge in [-0.2, -0.15) is 0 Å². The van der Waals surface area contributed by atoms with E-state index in [0.717, 1.165) is 30.3 Å². The Bertz CT molecular complexity index is 658. The zero-order valence-electron chi connectivity index (χ0n) is 13.9. The van der Waals surface area contributed by atoms with Crippen LogP contribution >= 0.6 is 24.0 Å². The van der Waals surface area contributed by atoms with Crippen molar-refractivity contribution < 1.29 is 0 Å². The fraction of sp³-hybridized carbons (Fsp3) is 0.529. The summed E-state index contributed by atoms with van der Waals surface area (Å²) in [5.74, 6) is 0.909. The molecule has 0 atom stereocenters. The van der Waals surface area contributed by atoms with E-state index in [1.807, 2.05) is 13.2 Å². The van der Waals surface area contributed by atoms with Gasteiger partial charge in [0.2, 0.25) is 0 Å². The topological polar surface area (TPSA) is 53.7 Å². The van der Waals surface area contributed by atoms with Crippen LogP contribution in [0, 0.1) is 6.92 Å². The van der Waals surface area contributed by atoms with Gasteiger partial charge in [0, 0.05) is 38.4 Å². The highest BCUT2D eigenvalue weighted by Crippen LogP contribution is 2.17. The maximum atomic E-state index is 4.70. The molecule has 1 aliphatic carbocycles. The number of hydrogen-bond donors (Lipinski definition) is 2. The van der Waals surface area contributed by atoms with E-state index in [-0.39, 0.29) is 24.0 Å². The van der Waals surface area contributed by atoms with Crippen molar-refractivity contribution in [3.8, 4) is 0 Å². The molecule has 1 aliphatic rings. The molecule has 1 fully saturated rings. The maximum Gasteiger partial charge on any atom is 0.191 e. The average Bonchev–Trinajstić information content (AvgIpc) is 3.16. The second-order valence-corrected chi connectivity index (χ2v) is 6.03. The minimum Gasteiger partial charge on any atom is -0.356 e. The number of nitrogens with zero attached hydrogens (tertiary/aromatic N) is 3. The first kappa shape index (κ1) is 18.0. The maximum absolute atomic E-state index is 4.70. The standard InChI is InChI=1S/C17H25N5.HI/c1-13-6-5-11-22-12-15(20-16(13)22)9-10-19-17(18-2)21-14-7-3-4-8-14;/h5-6,11-12,14H,3-4,7-10H2,1-2H3,(H2,18,19,21);1H. The summed E-state index contributed by atoms with van der Waals surface area (Å²) in [7, 11) is 1.83. The number of nitrogens with one attached hydrogen (secondary N) is 2. The van der Waals surface area contributed by atoms with Crippen LogP contribution in [0.5, 0.6) is 0 Å². The van der Waals surface area contributed by atoms with Crippen molar-refractivity contribution in [3.05, 3.63) is 35.8 Å². The predicted molar refractivity (Wildman–Crippen MR) is 106 cm³/mol. The first-order valence-electron chi connectivity index (χ1n) is 8.16. The van der Waals surface area contributed by atoms with Crippen molar-refractivity contribution >= 4 is 35.6 Å². The second kappa shape index (κ2) is 8.52. The molecule has 0 aromatic carbocycles. The molecule has 2 aromatic heterocycles. The number of imidazole rings is 1. The van der Waals surface area contributed by atoms with Crippen LogP contribution in [0.1, 0.15) is 36.9 Å². The Morgan fingerprint density at radius 3 is 2.87 bits per heavy atom. The molecule has 0 aliphatic heterocycles. The number of halogens is 1. The fourth-order valence-electron chi connectivity index (χ4n) is 3.09. The Morgan fingerprint density at radius 2 is 2.17 bits per heavy atom. The Kier molecular flexibility index (Phi) is 6.68. The molecule has 1 saturated carbocycles. The Labute approximate surface area is 155 Å². The lowest BCUT2D eigenvalue weighted by Crippen LogP contribution is -2.43. The van der Waals surface area contributed by atoms with E-state index < -0.39 is 0 Å². The lowest BCUT2D eigenvalue weighted by molar-refractivity contribution is 0.613. The first-order chi connectivity index (χ1) is 10.8. The Morgan fingerprint density at radius 1 is 1.39 bits per heavy atom. The highest BCUT2D eigenvalue weighted by molar-refractivity contribution is 14.0. The van der Waals surface area contributed by atoms with E-state index in [1.54, 1.807) is 0 Å². The zero-order valence-corrected chi connectivity index (χ0v) is 16.2. The van der Waals surface area contributed by atoms with Gasteiger partial charge in [0.15, 0.2) is 5.96 Å². The summed E-state index contributed by atoms with van der Waals surface area (Å²) in [5.41, 5.74) is 3.37. The van der Waals surface area contributed by atoms with E-state index in [4.69, 9.17) is 4.98 Å². The van der Waals surface area contributed by atoms with Gasteiger partial charge in [0.25, 0.3) is 0 Å². The molecule has 2 N–H and O–H groups in total. The summed E-state index contributed by atoms with van der Waals surface area (Å²) >= 11 is 0. The number of aromatic nitrogens is 2. The van der Waals surface area contributed by atoms with Gasteiger partial charge in [-0.1, -0.05) is 18.9 Å². The largest absolute Gasteiger partial charge is 0.356 e. The molecule has 0 saturated heterocycles. The van der Waals surface area contributed by atoms with Gasteiger partial charge in [-0.3, -0.25) is 4.99 Å². The van der Waals surface area contributed by atoms with Gasteiger partial charge in [-0.05, 0) is 31.4 Å². The summed E-state index contributed by atoms with van der Waals surface area (Å²) in [6.07, 6.45) is 10.2. The molecular weight excluding hydrogens is 401 g/mol. The second-order valence-electron chi connectivity index (χ2n) is 6.03. The minimum atomic E-state index is 0. The number of aliphatic imine (C=N–C) groups is 1. The predicted octanol–water partition coefficient (Wildman–Crippen LogP) is 2.91. The molecule has 23 heavy (non-hydrogen) atoms. The highest BCUT2D eigenvalue weighted by atomic mass is 127. The van der Waals surface area contributed by atoms with Gasteiger partial charge in [0.05, 0.1) is 5.69 Å². The molecule has 0 spiro atoms. The monoisotopic (exact) mass is 427 g/mol. The highest BCUT2D eigenvalue weighted by Gasteiger charge is 2.15. The molecule has 3 rings (SSSR count). The number of aryl methyl sites for hydroxylation is 1. The van der Waals surface area contributed by atoms with Crippen molar-refractivity contribution in [3.63, 3.8) is 0 Å². The van der Waals surface area contributed by atoms with E-state index in [1.165, 1.54) is 31.2 Å². The Hall–Kier alpha value is -1.31. The molecule has 0 amide bonds. The first-order valence-corrected chi connectivity index (χ1v) is 8.16. The summed E-state index contributed by atoms with van der Waals surface area (Å²) < 4.78 is 2.09. The van der Waals surface area contributed by atoms with Crippen molar-refractivity contribution in [2.45, 2.75) is 45.1 Å². The van der Waals surface area contributed by atoms with E-state index in [2.05, 4.69) is 45.3 Å². The summed E-state index contributed by atoms with van der Waals surface area (Å²) in [4.78, 5) is 9.01. The van der Waals surface area contributed by atoms with E-state index in [0.29, 0.717) is 6.04 Å². The average molecular weight is 427 g/mol. The summed E-state index contributed by atoms with van der Waals surface area (Å²) in [5, 5.41) is 6.89. The lowest BCUT2D eigenvalue weighted by atomic mass is 10.2. The zero-order chi connectivity index (χ0) is 15.4. The van der Waals surface area contributed by atoms with Crippen LogP contribution < -0.4 is 10.6 Å². The number of fused-ring (bicyclic) bond motifs is 1. The quantitative estimate of drug-likeness (QED) is 0.448. The van der Waals surface area contributed by atoms with Crippen LogP contribution in [0.3, 0.4) is 0 Å². The smallest absolute Gasteiger partial charge is 0.191 e. The lowest BCUT2D eigenvalue weighted by Gasteiger charge is -2.16. The molecule has 5 nitrogen and oxygen atoms in total. The summed E-state index contributed by atoms with van der Waals surface area (Å²) in [6, 6.07) is 4.74. The van der Waals surface area contributed by atoms with Crippen molar-refractivity contribution in [1.82, 2.24) is 20.0 Å². The van der Waals surface area contributed by atoms with E-state index >= 15 is 0 Å². The third kappa shape index (κ3) is 4.59. The molecule has 6 heteroatoms. The number of guanidine groups is 1. The SMILES string of the molecule is CN=C(NCCc1cn2cccc(C)c2n1)NC1CCCC1.I. The molecular formula is C17H26IN5. The van der Waals surface area contributed by atoms with Crippen LogP contribution in [0.25, 0.3) is 5.65 Å². The van der Waals surface area contributed by atoms with Crippen LogP contribution in [0.4, 0.5) is 0 Å². The summed E-state index contributed by atoms with van der Waals surface area (Å²) in [6.45, 7) is 2.94. The number of hydrogen-bond acceptors (Lipinski definition) is 2. The van der Waals surface area contributed by atoms with Gasteiger partial charge in [0.1, 0.15) is 5.65 Å². The third-order valence-corrected chi connectivity index (χ3v) is 4.32. The number of rotatable bonds is 4. The molecule has 2 heterocycles. The van der Waals surface area contributed by atoms with Crippen molar-refractivity contribution in [2.75, 3.05) is 13.6 Å². The Balaban J connectivity index is 0.00000192. The van der Waals surface area contributed by atoms with Gasteiger partial charge >= 0.3 is 0 Å².